The highest BCUT2D eigenvalue weighted by atomic mass is 19.4. The Morgan fingerprint density at radius 2 is 1.60 bits per heavy atom. The molecule has 0 aliphatic heterocycles. The fourth-order valence-electron chi connectivity index (χ4n) is 2.66. The standard InChI is InChI=1S/C21H18F3N3O3/c22-21(23,24)14-5-3-6-15(13-14)27-17-8-2-1-7-16(17)19(28)25-10-11-26-20(29)18-9-4-12-30-18/h1-9,12-13,27H,10-11H2,(H,25,28)(H,26,29). The van der Waals surface area contributed by atoms with Crippen LogP contribution in [0.4, 0.5) is 24.5 Å². The summed E-state index contributed by atoms with van der Waals surface area (Å²) in [6.45, 7) is 0.331. The van der Waals surface area contributed by atoms with Gasteiger partial charge < -0.3 is 20.4 Å². The van der Waals surface area contributed by atoms with E-state index in [4.69, 9.17) is 4.42 Å². The van der Waals surface area contributed by atoms with Crippen molar-refractivity contribution < 1.29 is 27.2 Å². The smallest absolute Gasteiger partial charge is 0.416 e. The van der Waals surface area contributed by atoms with Crippen LogP contribution in [0.5, 0.6) is 0 Å². The molecule has 9 heteroatoms. The van der Waals surface area contributed by atoms with Crippen molar-refractivity contribution in [3.05, 3.63) is 83.8 Å². The number of hydrogen-bond donors (Lipinski definition) is 3. The van der Waals surface area contributed by atoms with Gasteiger partial charge in [-0.3, -0.25) is 9.59 Å². The fourth-order valence-corrected chi connectivity index (χ4v) is 2.66. The first-order valence-electron chi connectivity index (χ1n) is 8.98. The molecule has 30 heavy (non-hydrogen) atoms. The van der Waals surface area contributed by atoms with Crippen LogP contribution in [0.1, 0.15) is 26.5 Å². The van der Waals surface area contributed by atoms with Gasteiger partial charge in [0.15, 0.2) is 5.76 Å². The first-order valence-corrected chi connectivity index (χ1v) is 8.98. The van der Waals surface area contributed by atoms with Crippen molar-refractivity contribution in [2.45, 2.75) is 6.18 Å². The number of furan rings is 1. The van der Waals surface area contributed by atoms with Gasteiger partial charge in [0.1, 0.15) is 0 Å². The molecule has 0 aliphatic rings. The average molecular weight is 417 g/mol. The highest BCUT2D eigenvalue weighted by molar-refractivity contribution is 6.00. The normalized spacial score (nSPS) is 11.0. The third kappa shape index (κ3) is 5.40. The van der Waals surface area contributed by atoms with Gasteiger partial charge in [-0.2, -0.15) is 13.2 Å². The molecule has 3 rings (SSSR count). The second-order valence-electron chi connectivity index (χ2n) is 6.24. The van der Waals surface area contributed by atoms with Crippen LogP contribution in [0.25, 0.3) is 0 Å². The number of amides is 2. The summed E-state index contributed by atoms with van der Waals surface area (Å²) in [5.41, 5.74) is 0.0266. The average Bonchev–Trinajstić information content (AvgIpc) is 3.26. The molecule has 1 aromatic heterocycles. The molecule has 6 nitrogen and oxygen atoms in total. The van der Waals surface area contributed by atoms with Crippen molar-refractivity contribution in [2.75, 3.05) is 18.4 Å². The van der Waals surface area contributed by atoms with Crippen LogP contribution in [0.3, 0.4) is 0 Å². The second-order valence-corrected chi connectivity index (χ2v) is 6.24. The molecule has 0 saturated heterocycles. The van der Waals surface area contributed by atoms with Crippen LogP contribution in [0.2, 0.25) is 0 Å². The molecule has 0 fully saturated rings. The summed E-state index contributed by atoms with van der Waals surface area (Å²) in [5, 5.41) is 8.10. The molecule has 3 aromatic rings. The molecule has 3 N–H and O–H groups in total. The minimum absolute atomic E-state index is 0.156. The van der Waals surface area contributed by atoms with Gasteiger partial charge in [-0.25, -0.2) is 0 Å². The van der Waals surface area contributed by atoms with E-state index >= 15 is 0 Å². The Hall–Kier alpha value is -3.75. The van der Waals surface area contributed by atoms with Gasteiger partial charge in [-0.05, 0) is 42.5 Å². The second kappa shape index (κ2) is 9.17. The molecule has 0 aliphatic carbocycles. The summed E-state index contributed by atoms with van der Waals surface area (Å²) >= 11 is 0. The first-order chi connectivity index (χ1) is 14.3. The van der Waals surface area contributed by atoms with Gasteiger partial charge in [0, 0.05) is 18.8 Å². The maximum Gasteiger partial charge on any atom is 0.416 e. The lowest BCUT2D eigenvalue weighted by molar-refractivity contribution is -0.137. The van der Waals surface area contributed by atoms with E-state index in [0.29, 0.717) is 5.69 Å². The number of rotatable bonds is 7. The van der Waals surface area contributed by atoms with E-state index in [-0.39, 0.29) is 30.1 Å². The Kier molecular flexibility index (Phi) is 6.41. The monoisotopic (exact) mass is 417 g/mol. The van der Waals surface area contributed by atoms with E-state index in [1.165, 1.54) is 24.5 Å². The lowest BCUT2D eigenvalue weighted by Gasteiger charge is -2.14. The minimum Gasteiger partial charge on any atom is -0.459 e. The number of alkyl halides is 3. The third-order valence-corrected chi connectivity index (χ3v) is 4.08. The van der Waals surface area contributed by atoms with Gasteiger partial charge in [-0.15, -0.1) is 0 Å². The van der Waals surface area contributed by atoms with E-state index in [2.05, 4.69) is 16.0 Å². The summed E-state index contributed by atoms with van der Waals surface area (Å²) in [6.07, 6.45) is -3.08. The zero-order valence-electron chi connectivity index (χ0n) is 15.6. The number of nitrogens with one attached hydrogen (secondary N) is 3. The topological polar surface area (TPSA) is 83.4 Å². The van der Waals surface area contributed by atoms with Crippen molar-refractivity contribution in [2.24, 2.45) is 0 Å². The summed E-state index contributed by atoms with van der Waals surface area (Å²) in [5.74, 6) is -0.671. The van der Waals surface area contributed by atoms with Gasteiger partial charge in [-0.1, -0.05) is 18.2 Å². The Morgan fingerprint density at radius 3 is 2.30 bits per heavy atom. The number of carbonyl (C=O) groups is 2. The molecular formula is C21H18F3N3O3. The van der Waals surface area contributed by atoms with E-state index in [9.17, 15) is 22.8 Å². The third-order valence-electron chi connectivity index (χ3n) is 4.08. The van der Waals surface area contributed by atoms with Crippen LogP contribution in [0.15, 0.2) is 71.3 Å². The van der Waals surface area contributed by atoms with Crippen molar-refractivity contribution >= 4 is 23.2 Å². The number of anilines is 2. The van der Waals surface area contributed by atoms with Crippen molar-refractivity contribution in [1.82, 2.24) is 10.6 Å². The van der Waals surface area contributed by atoms with Crippen LogP contribution < -0.4 is 16.0 Å². The van der Waals surface area contributed by atoms with Gasteiger partial charge in [0.05, 0.1) is 23.1 Å². The first kappa shape index (κ1) is 21.0. The number of halogens is 3. The molecule has 0 unspecified atom stereocenters. The lowest BCUT2D eigenvalue weighted by atomic mass is 10.1. The number of hydrogen-bond acceptors (Lipinski definition) is 4. The Morgan fingerprint density at radius 1 is 0.867 bits per heavy atom. The number of carbonyl (C=O) groups excluding carboxylic acids is 2. The maximum atomic E-state index is 12.9. The molecule has 2 aromatic carbocycles. The Labute approximate surface area is 170 Å². The molecule has 2 amide bonds. The van der Waals surface area contributed by atoms with E-state index in [0.717, 1.165) is 12.1 Å². The zero-order chi connectivity index (χ0) is 21.6. The van der Waals surface area contributed by atoms with Crippen LogP contribution in [0, 0.1) is 0 Å². The molecule has 0 spiro atoms. The van der Waals surface area contributed by atoms with Crippen molar-refractivity contribution in [3.8, 4) is 0 Å². The summed E-state index contributed by atoms with van der Waals surface area (Å²) < 4.78 is 43.7. The van der Waals surface area contributed by atoms with Gasteiger partial charge >= 0.3 is 6.18 Å². The van der Waals surface area contributed by atoms with Crippen molar-refractivity contribution in [3.63, 3.8) is 0 Å². The molecule has 0 atom stereocenters. The van der Waals surface area contributed by atoms with E-state index in [1.54, 1.807) is 30.3 Å². The fraction of sp³-hybridized carbons (Fsp3) is 0.143. The van der Waals surface area contributed by atoms with Crippen LogP contribution in [-0.4, -0.2) is 24.9 Å². The quantitative estimate of drug-likeness (QED) is 0.503. The van der Waals surface area contributed by atoms with Gasteiger partial charge in [0.25, 0.3) is 11.8 Å². The number of para-hydroxylation sites is 1. The summed E-state index contributed by atoms with van der Waals surface area (Å²) in [6, 6.07) is 14.3. The van der Waals surface area contributed by atoms with Crippen molar-refractivity contribution in [1.29, 1.82) is 0 Å². The van der Waals surface area contributed by atoms with Crippen LogP contribution in [-0.2, 0) is 6.18 Å². The van der Waals surface area contributed by atoms with Gasteiger partial charge in [0.2, 0.25) is 0 Å². The molecule has 0 bridgehead atoms. The lowest BCUT2D eigenvalue weighted by Crippen LogP contribution is -2.34. The molecule has 0 radical (unpaired) electrons. The summed E-state index contributed by atoms with van der Waals surface area (Å²) in [7, 11) is 0. The molecule has 0 saturated carbocycles. The van der Waals surface area contributed by atoms with E-state index < -0.39 is 23.6 Å². The van der Waals surface area contributed by atoms with E-state index in [1.807, 2.05) is 0 Å². The highest BCUT2D eigenvalue weighted by Crippen LogP contribution is 2.31. The predicted molar refractivity (Wildman–Crippen MR) is 105 cm³/mol. The maximum absolute atomic E-state index is 12.9. The zero-order valence-corrected chi connectivity index (χ0v) is 15.6. The largest absolute Gasteiger partial charge is 0.459 e. The SMILES string of the molecule is O=C(NCCNC(=O)c1ccccc1Nc1cccc(C(F)(F)F)c1)c1ccco1. The Balaban J connectivity index is 1.60. The molecule has 156 valence electrons. The molecular weight excluding hydrogens is 399 g/mol. The Bertz CT molecular complexity index is 1020. The number of benzene rings is 2. The molecule has 1 heterocycles. The highest BCUT2D eigenvalue weighted by Gasteiger charge is 2.30. The predicted octanol–water partition coefficient (Wildman–Crippen LogP) is 4.20. The van der Waals surface area contributed by atoms with Crippen LogP contribution >= 0.6 is 0 Å². The summed E-state index contributed by atoms with van der Waals surface area (Å²) in [4.78, 5) is 24.3. The minimum atomic E-state index is -4.46.